The third-order valence-electron chi connectivity index (χ3n) is 4.76. The molecule has 1 fully saturated rings. The van der Waals surface area contributed by atoms with Gasteiger partial charge in [0.2, 0.25) is 11.8 Å². The standard InChI is InChI=1S/C20H28N4O3/c1-14(21-19(26)20(2,3)4)18-22-15-7-5-6-8-16(15)24(18)13-17(25)23-9-11-27-12-10-23/h5-8,14H,9-13H2,1-4H3,(H,21,26). The van der Waals surface area contributed by atoms with Crippen LogP contribution in [-0.4, -0.2) is 52.6 Å². The van der Waals surface area contributed by atoms with E-state index in [-0.39, 0.29) is 24.4 Å². The number of benzene rings is 1. The van der Waals surface area contributed by atoms with Gasteiger partial charge in [-0.25, -0.2) is 4.98 Å². The third-order valence-corrected chi connectivity index (χ3v) is 4.76. The highest BCUT2D eigenvalue weighted by Crippen LogP contribution is 2.23. The molecule has 0 bridgehead atoms. The number of nitrogens with zero attached hydrogens (tertiary/aromatic N) is 3. The second-order valence-electron chi connectivity index (χ2n) is 7.98. The van der Waals surface area contributed by atoms with Gasteiger partial charge >= 0.3 is 0 Å². The van der Waals surface area contributed by atoms with Gasteiger partial charge in [0.25, 0.3) is 0 Å². The average Bonchev–Trinajstić information content (AvgIpc) is 3.00. The summed E-state index contributed by atoms with van der Waals surface area (Å²) in [7, 11) is 0. The lowest BCUT2D eigenvalue weighted by atomic mass is 9.95. The molecule has 1 aliphatic rings. The SMILES string of the molecule is CC(NC(=O)C(C)(C)C)c1nc2ccccc2n1CC(=O)N1CCOCC1. The van der Waals surface area contributed by atoms with Crippen LogP contribution in [-0.2, 0) is 20.9 Å². The molecule has 3 rings (SSSR count). The van der Waals surface area contributed by atoms with Crippen LogP contribution in [0.2, 0.25) is 0 Å². The molecule has 1 N–H and O–H groups in total. The van der Waals surface area contributed by atoms with E-state index >= 15 is 0 Å². The van der Waals surface area contributed by atoms with Crippen molar-refractivity contribution in [3.8, 4) is 0 Å². The molecular formula is C20H28N4O3. The van der Waals surface area contributed by atoms with E-state index in [0.29, 0.717) is 32.1 Å². The Morgan fingerprint density at radius 1 is 1.22 bits per heavy atom. The summed E-state index contributed by atoms with van der Waals surface area (Å²) >= 11 is 0. The molecule has 2 heterocycles. The number of aromatic nitrogens is 2. The van der Waals surface area contributed by atoms with E-state index in [1.165, 1.54) is 0 Å². The van der Waals surface area contributed by atoms with Crippen LogP contribution in [0.3, 0.4) is 0 Å². The Morgan fingerprint density at radius 2 is 1.89 bits per heavy atom. The van der Waals surface area contributed by atoms with E-state index in [0.717, 1.165) is 11.0 Å². The first kappa shape index (κ1) is 19.4. The van der Waals surface area contributed by atoms with E-state index < -0.39 is 5.41 Å². The molecule has 7 heteroatoms. The quantitative estimate of drug-likeness (QED) is 0.892. The highest BCUT2D eigenvalue weighted by atomic mass is 16.5. The molecule has 1 aromatic heterocycles. The van der Waals surface area contributed by atoms with Crippen LogP contribution in [0.15, 0.2) is 24.3 Å². The van der Waals surface area contributed by atoms with Crippen molar-refractivity contribution in [1.82, 2.24) is 19.8 Å². The minimum absolute atomic E-state index is 0.0389. The number of ether oxygens (including phenoxy) is 1. The van der Waals surface area contributed by atoms with Gasteiger partial charge in [0.1, 0.15) is 12.4 Å². The van der Waals surface area contributed by atoms with Crippen molar-refractivity contribution in [2.24, 2.45) is 5.41 Å². The Balaban J connectivity index is 1.89. The van der Waals surface area contributed by atoms with Gasteiger partial charge in [0, 0.05) is 18.5 Å². The number of hydrogen-bond acceptors (Lipinski definition) is 4. The monoisotopic (exact) mass is 372 g/mol. The summed E-state index contributed by atoms with van der Waals surface area (Å²) < 4.78 is 7.25. The number of nitrogens with one attached hydrogen (secondary N) is 1. The van der Waals surface area contributed by atoms with Crippen LogP contribution in [0, 0.1) is 5.41 Å². The van der Waals surface area contributed by atoms with Gasteiger partial charge in [-0.15, -0.1) is 0 Å². The fraction of sp³-hybridized carbons (Fsp3) is 0.550. The van der Waals surface area contributed by atoms with Crippen LogP contribution < -0.4 is 5.32 Å². The van der Waals surface area contributed by atoms with E-state index in [2.05, 4.69) is 5.32 Å². The summed E-state index contributed by atoms with van der Waals surface area (Å²) in [6, 6.07) is 7.43. The lowest BCUT2D eigenvalue weighted by Gasteiger charge is -2.28. The Labute approximate surface area is 159 Å². The van der Waals surface area contributed by atoms with Crippen molar-refractivity contribution in [2.75, 3.05) is 26.3 Å². The van der Waals surface area contributed by atoms with Gasteiger partial charge in [-0.2, -0.15) is 0 Å². The van der Waals surface area contributed by atoms with Gasteiger partial charge in [0.05, 0.1) is 30.3 Å². The zero-order chi connectivity index (χ0) is 19.6. The maximum atomic E-state index is 12.8. The number of fused-ring (bicyclic) bond motifs is 1. The van der Waals surface area contributed by atoms with E-state index in [4.69, 9.17) is 9.72 Å². The number of carbonyl (C=O) groups is 2. The molecule has 1 saturated heterocycles. The van der Waals surface area contributed by atoms with Crippen molar-refractivity contribution < 1.29 is 14.3 Å². The first-order valence-electron chi connectivity index (χ1n) is 9.39. The average molecular weight is 372 g/mol. The summed E-state index contributed by atoms with van der Waals surface area (Å²) in [4.78, 5) is 31.7. The zero-order valence-electron chi connectivity index (χ0n) is 16.5. The number of imidazole rings is 1. The van der Waals surface area contributed by atoms with Crippen LogP contribution in [0.25, 0.3) is 11.0 Å². The maximum Gasteiger partial charge on any atom is 0.242 e. The number of morpholine rings is 1. The van der Waals surface area contributed by atoms with E-state index in [1.54, 1.807) is 0 Å². The summed E-state index contributed by atoms with van der Waals surface area (Å²) in [5.74, 6) is 0.681. The van der Waals surface area contributed by atoms with Gasteiger partial charge in [-0.05, 0) is 19.1 Å². The number of hydrogen-bond donors (Lipinski definition) is 1. The van der Waals surface area contributed by atoms with E-state index in [9.17, 15) is 9.59 Å². The Morgan fingerprint density at radius 3 is 2.56 bits per heavy atom. The second-order valence-corrected chi connectivity index (χ2v) is 7.98. The Hall–Kier alpha value is -2.41. The summed E-state index contributed by atoms with van der Waals surface area (Å²) in [6.45, 7) is 10.1. The molecule has 0 radical (unpaired) electrons. The van der Waals surface area contributed by atoms with Gasteiger partial charge in [0.15, 0.2) is 0 Å². The molecule has 0 saturated carbocycles. The van der Waals surface area contributed by atoms with Crippen molar-refractivity contribution in [3.05, 3.63) is 30.1 Å². The largest absolute Gasteiger partial charge is 0.378 e. The predicted molar refractivity (Wildman–Crippen MR) is 103 cm³/mol. The summed E-state index contributed by atoms with van der Waals surface area (Å²) in [6.07, 6.45) is 0. The molecular weight excluding hydrogens is 344 g/mol. The Kier molecular flexibility index (Phi) is 5.51. The van der Waals surface area contributed by atoms with E-state index in [1.807, 2.05) is 61.4 Å². The molecule has 146 valence electrons. The lowest BCUT2D eigenvalue weighted by Crippen LogP contribution is -2.43. The molecule has 2 aromatic rings. The number of carbonyl (C=O) groups excluding carboxylic acids is 2. The molecule has 1 aliphatic heterocycles. The highest BCUT2D eigenvalue weighted by molar-refractivity contribution is 5.83. The lowest BCUT2D eigenvalue weighted by molar-refractivity contribution is -0.135. The molecule has 27 heavy (non-hydrogen) atoms. The molecule has 1 unspecified atom stereocenters. The molecule has 1 atom stereocenters. The number of rotatable bonds is 4. The van der Waals surface area contributed by atoms with Crippen molar-refractivity contribution >= 4 is 22.8 Å². The molecule has 7 nitrogen and oxygen atoms in total. The van der Waals surface area contributed by atoms with Crippen LogP contribution >= 0.6 is 0 Å². The zero-order valence-corrected chi connectivity index (χ0v) is 16.5. The summed E-state index contributed by atoms with van der Waals surface area (Å²) in [5.41, 5.74) is 1.22. The topological polar surface area (TPSA) is 76.5 Å². The number of amides is 2. The number of para-hydroxylation sites is 2. The van der Waals surface area contributed by atoms with Crippen molar-refractivity contribution in [3.63, 3.8) is 0 Å². The summed E-state index contributed by atoms with van der Waals surface area (Å²) in [5, 5.41) is 3.02. The first-order valence-corrected chi connectivity index (χ1v) is 9.39. The smallest absolute Gasteiger partial charge is 0.242 e. The van der Waals surface area contributed by atoms with Crippen LogP contribution in [0.4, 0.5) is 0 Å². The van der Waals surface area contributed by atoms with Crippen molar-refractivity contribution in [2.45, 2.75) is 40.3 Å². The van der Waals surface area contributed by atoms with Crippen molar-refractivity contribution in [1.29, 1.82) is 0 Å². The molecule has 1 aromatic carbocycles. The molecule has 0 aliphatic carbocycles. The predicted octanol–water partition coefficient (Wildman–Crippen LogP) is 2.12. The highest BCUT2D eigenvalue weighted by Gasteiger charge is 2.27. The molecule has 2 amide bonds. The van der Waals surface area contributed by atoms with Crippen LogP contribution in [0.1, 0.15) is 39.6 Å². The van der Waals surface area contributed by atoms with Gasteiger partial charge < -0.3 is 19.5 Å². The fourth-order valence-electron chi connectivity index (χ4n) is 3.12. The molecule has 0 spiro atoms. The van der Waals surface area contributed by atoms with Gasteiger partial charge in [-0.1, -0.05) is 32.9 Å². The second kappa shape index (κ2) is 7.68. The minimum atomic E-state index is -0.491. The van der Waals surface area contributed by atoms with Crippen LogP contribution in [0.5, 0.6) is 0 Å². The first-order chi connectivity index (χ1) is 12.8. The normalized spacial score (nSPS) is 16.4. The fourth-order valence-corrected chi connectivity index (χ4v) is 3.12. The third kappa shape index (κ3) is 4.30. The van der Waals surface area contributed by atoms with Gasteiger partial charge in [-0.3, -0.25) is 9.59 Å². The minimum Gasteiger partial charge on any atom is -0.378 e. The maximum absolute atomic E-state index is 12.8. The Bertz CT molecular complexity index is 831.